The zero-order chi connectivity index (χ0) is 18.1. The van der Waals surface area contributed by atoms with Crippen LogP contribution < -0.4 is 9.80 Å². The third-order valence-electron chi connectivity index (χ3n) is 4.57. The molecular weight excluding hydrogens is 330 g/mol. The molecule has 26 heavy (non-hydrogen) atoms. The SMILES string of the molecule is CN(c1ccccc1)c1ncnc(N2CCc3ccccc32)c1[N+](=O)[O-]. The van der Waals surface area contributed by atoms with Gasteiger partial charge in [0, 0.05) is 25.0 Å². The molecule has 1 aromatic heterocycles. The van der Waals surface area contributed by atoms with Gasteiger partial charge in [0.1, 0.15) is 6.33 Å². The van der Waals surface area contributed by atoms with Gasteiger partial charge >= 0.3 is 5.69 Å². The van der Waals surface area contributed by atoms with Gasteiger partial charge < -0.3 is 9.80 Å². The number of nitro groups is 1. The summed E-state index contributed by atoms with van der Waals surface area (Å²) in [6, 6.07) is 17.4. The molecule has 1 aliphatic heterocycles. The molecule has 7 heteroatoms. The molecule has 1 aliphatic rings. The maximum atomic E-state index is 11.9. The first kappa shape index (κ1) is 16.0. The monoisotopic (exact) mass is 347 g/mol. The lowest BCUT2D eigenvalue weighted by molar-refractivity contribution is -0.383. The minimum Gasteiger partial charge on any atom is -0.324 e. The maximum Gasteiger partial charge on any atom is 0.354 e. The molecule has 0 bridgehead atoms. The van der Waals surface area contributed by atoms with Gasteiger partial charge in [-0.05, 0) is 30.2 Å². The Morgan fingerprint density at radius 1 is 1.08 bits per heavy atom. The van der Waals surface area contributed by atoms with Crippen molar-refractivity contribution in [1.82, 2.24) is 9.97 Å². The lowest BCUT2D eigenvalue weighted by Crippen LogP contribution is -2.20. The molecule has 2 heterocycles. The van der Waals surface area contributed by atoms with E-state index in [4.69, 9.17) is 0 Å². The molecule has 3 aromatic rings. The van der Waals surface area contributed by atoms with Crippen molar-refractivity contribution in [3.63, 3.8) is 0 Å². The maximum absolute atomic E-state index is 11.9. The average molecular weight is 347 g/mol. The molecule has 0 aliphatic carbocycles. The van der Waals surface area contributed by atoms with E-state index in [0.29, 0.717) is 12.4 Å². The van der Waals surface area contributed by atoms with Crippen LogP contribution in [-0.2, 0) is 6.42 Å². The molecular formula is C19H17N5O2. The van der Waals surface area contributed by atoms with Crippen molar-refractivity contribution in [2.24, 2.45) is 0 Å². The molecule has 0 radical (unpaired) electrons. The lowest BCUT2D eigenvalue weighted by Gasteiger charge is -2.22. The fraction of sp³-hybridized carbons (Fsp3) is 0.158. The van der Waals surface area contributed by atoms with Crippen LogP contribution in [0.5, 0.6) is 0 Å². The van der Waals surface area contributed by atoms with Gasteiger partial charge in [-0.15, -0.1) is 0 Å². The van der Waals surface area contributed by atoms with Crippen LogP contribution in [0.15, 0.2) is 60.9 Å². The van der Waals surface area contributed by atoms with Crippen molar-refractivity contribution >= 4 is 28.7 Å². The summed E-state index contributed by atoms with van der Waals surface area (Å²) < 4.78 is 0. The molecule has 2 aromatic carbocycles. The van der Waals surface area contributed by atoms with Gasteiger partial charge in [-0.3, -0.25) is 10.1 Å². The van der Waals surface area contributed by atoms with E-state index in [2.05, 4.69) is 9.97 Å². The molecule has 0 amide bonds. The summed E-state index contributed by atoms with van der Waals surface area (Å²) >= 11 is 0. The Morgan fingerprint density at radius 2 is 1.81 bits per heavy atom. The highest BCUT2D eigenvalue weighted by Gasteiger charge is 2.32. The standard InChI is InChI=1S/C19H17N5O2/c1-22(15-8-3-2-4-9-15)18-17(24(25)26)19(21-13-20-18)23-12-11-14-7-5-6-10-16(14)23/h2-10,13H,11-12H2,1H3. The van der Waals surface area contributed by atoms with E-state index in [1.54, 1.807) is 11.9 Å². The number of para-hydroxylation sites is 2. The Morgan fingerprint density at radius 3 is 2.58 bits per heavy atom. The van der Waals surface area contributed by atoms with Crippen LogP contribution in [0.1, 0.15) is 5.56 Å². The minimum absolute atomic E-state index is 0.0874. The van der Waals surface area contributed by atoms with Gasteiger partial charge in [0.05, 0.1) is 4.92 Å². The van der Waals surface area contributed by atoms with Crippen LogP contribution in [0, 0.1) is 10.1 Å². The summed E-state index contributed by atoms with van der Waals surface area (Å²) in [6.45, 7) is 0.658. The van der Waals surface area contributed by atoms with Gasteiger partial charge in [-0.25, -0.2) is 9.97 Å². The van der Waals surface area contributed by atoms with E-state index in [1.165, 1.54) is 11.9 Å². The summed E-state index contributed by atoms with van der Waals surface area (Å²) in [5, 5.41) is 11.9. The Kier molecular flexibility index (Phi) is 3.96. The Bertz CT molecular complexity index is 961. The van der Waals surface area contributed by atoms with Gasteiger partial charge in [0.25, 0.3) is 0 Å². The highest BCUT2D eigenvalue weighted by molar-refractivity contribution is 5.80. The van der Waals surface area contributed by atoms with Crippen LogP contribution in [-0.4, -0.2) is 28.5 Å². The van der Waals surface area contributed by atoms with Crippen LogP contribution in [0.3, 0.4) is 0 Å². The third kappa shape index (κ3) is 2.63. The zero-order valence-corrected chi connectivity index (χ0v) is 14.2. The quantitative estimate of drug-likeness (QED) is 0.527. The summed E-state index contributed by atoms with van der Waals surface area (Å²) in [4.78, 5) is 23.6. The van der Waals surface area contributed by atoms with E-state index in [0.717, 1.165) is 17.8 Å². The van der Waals surface area contributed by atoms with Crippen molar-refractivity contribution in [1.29, 1.82) is 0 Å². The number of rotatable bonds is 4. The lowest BCUT2D eigenvalue weighted by atomic mass is 10.2. The van der Waals surface area contributed by atoms with Crippen molar-refractivity contribution < 1.29 is 4.92 Å². The van der Waals surface area contributed by atoms with Crippen molar-refractivity contribution in [2.45, 2.75) is 6.42 Å². The van der Waals surface area contributed by atoms with Crippen molar-refractivity contribution in [3.8, 4) is 0 Å². The molecule has 7 nitrogen and oxygen atoms in total. The molecule has 4 rings (SSSR count). The van der Waals surface area contributed by atoms with Gasteiger partial charge in [-0.1, -0.05) is 36.4 Å². The van der Waals surface area contributed by atoms with Gasteiger partial charge in [0.2, 0.25) is 11.6 Å². The Hall–Kier alpha value is -3.48. The Balaban J connectivity index is 1.84. The van der Waals surface area contributed by atoms with Crippen molar-refractivity contribution in [3.05, 3.63) is 76.6 Å². The second-order valence-electron chi connectivity index (χ2n) is 6.05. The predicted molar refractivity (Wildman–Crippen MR) is 100 cm³/mol. The first-order valence-corrected chi connectivity index (χ1v) is 8.30. The number of fused-ring (bicyclic) bond motifs is 1. The van der Waals surface area contributed by atoms with Gasteiger partial charge in [-0.2, -0.15) is 0 Å². The zero-order valence-electron chi connectivity index (χ0n) is 14.2. The first-order chi connectivity index (χ1) is 12.7. The summed E-state index contributed by atoms with van der Waals surface area (Å²) in [5.41, 5.74) is 2.86. The van der Waals surface area contributed by atoms with E-state index < -0.39 is 4.92 Å². The molecule has 0 spiro atoms. The van der Waals surface area contributed by atoms with E-state index in [1.807, 2.05) is 59.5 Å². The third-order valence-corrected chi connectivity index (χ3v) is 4.57. The molecule has 0 fully saturated rings. The van der Waals surface area contributed by atoms with Crippen LogP contribution >= 0.6 is 0 Å². The normalized spacial score (nSPS) is 12.7. The predicted octanol–water partition coefficient (Wildman–Crippen LogP) is 3.85. The van der Waals surface area contributed by atoms with E-state index in [9.17, 15) is 10.1 Å². The fourth-order valence-electron chi connectivity index (χ4n) is 3.30. The Labute approximate surface area is 150 Å². The van der Waals surface area contributed by atoms with E-state index in [-0.39, 0.29) is 11.5 Å². The number of nitrogens with zero attached hydrogens (tertiary/aromatic N) is 5. The van der Waals surface area contributed by atoms with E-state index >= 15 is 0 Å². The topological polar surface area (TPSA) is 75.4 Å². The molecule has 0 saturated carbocycles. The largest absolute Gasteiger partial charge is 0.354 e. The number of hydrogen-bond donors (Lipinski definition) is 0. The second-order valence-corrected chi connectivity index (χ2v) is 6.05. The minimum atomic E-state index is -0.398. The average Bonchev–Trinajstić information content (AvgIpc) is 3.11. The first-order valence-electron chi connectivity index (χ1n) is 8.30. The second kappa shape index (κ2) is 6.44. The fourth-order valence-corrected chi connectivity index (χ4v) is 3.30. The summed E-state index contributed by atoms with van der Waals surface area (Å²) in [7, 11) is 1.77. The summed E-state index contributed by atoms with van der Waals surface area (Å²) in [5.74, 6) is 0.600. The number of anilines is 4. The van der Waals surface area contributed by atoms with Crippen LogP contribution in [0.2, 0.25) is 0 Å². The molecule has 0 atom stereocenters. The molecule has 0 N–H and O–H groups in total. The smallest absolute Gasteiger partial charge is 0.324 e. The highest BCUT2D eigenvalue weighted by atomic mass is 16.6. The number of hydrogen-bond acceptors (Lipinski definition) is 6. The van der Waals surface area contributed by atoms with Crippen LogP contribution in [0.25, 0.3) is 0 Å². The molecule has 130 valence electrons. The van der Waals surface area contributed by atoms with Crippen molar-refractivity contribution in [2.75, 3.05) is 23.4 Å². The van der Waals surface area contributed by atoms with Gasteiger partial charge in [0.15, 0.2) is 0 Å². The highest BCUT2D eigenvalue weighted by Crippen LogP contribution is 2.42. The molecule has 0 saturated heterocycles. The van der Waals surface area contributed by atoms with Crippen LogP contribution in [0.4, 0.5) is 28.7 Å². The molecule has 0 unspecified atom stereocenters. The summed E-state index contributed by atoms with van der Waals surface area (Å²) in [6.07, 6.45) is 2.22. The number of benzene rings is 2. The number of aromatic nitrogens is 2.